The molecule has 2 rings (SSSR count). The molecule has 20 heavy (non-hydrogen) atoms. The topological polar surface area (TPSA) is 45.1 Å². The first-order valence-corrected chi connectivity index (χ1v) is 7.06. The van der Waals surface area contributed by atoms with Crippen molar-refractivity contribution in [2.75, 3.05) is 6.54 Å². The number of thiazole rings is 1. The zero-order valence-electron chi connectivity index (χ0n) is 11.2. The lowest BCUT2D eigenvalue weighted by Gasteiger charge is -2.25. The second kappa shape index (κ2) is 5.95. The number of aliphatic hydroxyl groups excluding tert-OH is 1. The summed E-state index contributed by atoms with van der Waals surface area (Å²) in [4.78, 5) is 4.21. The lowest BCUT2D eigenvalue weighted by molar-refractivity contribution is 0.156. The van der Waals surface area contributed by atoms with Gasteiger partial charge in [-0.15, -0.1) is 11.3 Å². The van der Waals surface area contributed by atoms with Crippen LogP contribution in [0, 0.1) is 11.6 Å². The fourth-order valence-corrected chi connectivity index (χ4v) is 2.58. The van der Waals surface area contributed by atoms with Crippen LogP contribution in [0.3, 0.4) is 0 Å². The van der Waals surface area contributed by atoms with Crippen molar-refractivity contribution in [3.05, 3.63) is 52.0 Å². The van der Waals surface area contributed by atoms with Gasteiger partial charge in [-0.25, -0.2) is 13.8 Å². The van der Waals surface area contributed by atoms with Crippen molar-refractivity contribution >= 4 is 11.3 Å². The van der Waals surface area contributed by atoms with Crippen LogP contribution in [0.4, 0.5) is 8.78 Å². The smallest absolute Gasteiger partial charge is 0.129 e. The molecule has 6 heteroatoms. The summed E-state index contributed by atoms with van der Waals surface area (Å²) in [6.45, 7) is 3.94. The monoisotopic (exact) mass is 298 g/mol. The molecule has 108 valence electrons. The SMILES string of the molecule is CC(C)(NCC(O)c1cc(F)ccc1F)c1nccs1. The quantitative estimate of drug-likeness (QED) is 0.892. The third-order valence-corrected chi connectivity index (χ3v) is 4.12. The van der Waals surface area contributed by atoms with Crippen LogP contribution >= 0.6 is 11.3 Å². The summed E-state index contributed by atoms with van der Waals surface area (Å²) in [7, 11) is 0. The van der Waals surface area contributed by atoms with Crippen LogP contribution in [-0.4, -0.2) is 16.6 Å². The summed E-state index contributed by atoms with van der Waals surface area (Å²) in [5, 5.41) is 15.8. The van der Waals surface area contributed by atoms with Crippen molar-refractivity contribution in [2.24, 2.45) is 0 Å². The number of aromatic nitrogens is 1. The van der Waals surface area contributed by atoms with E-state index in [0.717, 1.165) is 23.2 Å². The Morgan fingerprint density at radius 3 is 2.80 bits per heavy atom. The largest absolute Gasteiger partial charge is 0.387 e. The normalized spacial score (nSPS) is 13.4. The Labute approximate surface area is 120 Å². The van der Waals surface area contributed by atoms with Crippen LogP contribution in [0.25, 0.3) is 0 Å². The third kappa shape index (κ3) is 3.39. The summed E-state index contributed by atoms with van der Waals surface area (Å²) < 4.78 is 26.6. The Kier molecular flexibility index (Phi) is 4.47. The number of nitrogens with one attached hydrogen (secondary N) is 1. The van der Waals surface area contributed by atoms with Crippen LogP contribution in [0.5, 0.6) is 0 Å². The average Bonchev–Trinajstić information content (AvgIpc) is 2.93. The molecular formula is C14H16F2N2OS. The van der Waals surface area contributed by atoms with Crippen LogP contribution in [0.15, 0.2) is 29.8 Å². The molecule has 0 saturated heterocycles. The standard InChI is InChI=1S/C14H16F2N2OS/c1-14(2,13-17-5-6-20-13)18-8-12(19)10-7-9(15)3-4-11(10)16/h3-7,12,18-19H,8H2,1-2H3. The minimum absolute atomic E-state index is 0.0487. The van der Waals surface area contributed by atoms with Crippen LogP contribution < -0.4 is 5.32 Å². The first-order valence-electron chi connectivity index (χ1n) is 6.18. The molecule has 0 fully saturated rings. The molecule has 0 bridgehead atoms. The van der Waals surface area contributed by atoms with Crippen molar-refractivity contribution < 1.29 is 13.9 Å². The van der Waals surface area contributed by atoms with Gasteiger partial charge in [0.2, 0.25) is 0 Å². The molecule has 3 nitrogen and oxygen atoms in total. The average molecular weight is 298 g/mol. The van der Waals surface area contributed by atoms with E-state index in [1.54, 1.807) is 6.20 Å². The molecule has 1 atom stereocenters. The summed E-state index contributed by atoms with van der Waals surface area (Å²) >= 11 is 1.49. The highest BCUT2D eigenvalue weighted by atomic mass is 32.1. The van der Waals surface area contributed by atoms with Crippen molar-refractivity contribution in [1.29, 1.82) is 0 Å². The van der Waals surface area contributed by atoms with Gasteiger partial charge in [-0.1, -0.05) is 0 Å². The maximum Gasteiger partial charge on any atom is 0.129 e. The Hall–Kier alpha value is -1.37. The lowest BCUT2D eigenvalue weighted by Crippen LogP contribution is -2.39. The van der Waals surface area contributed by atoms with E-state index in [1.807, 2.05) is 19.2 Å². The maximum absolute atomic E-state index is 13.5. The van der Waals surface area contributed by atoms with Gasteiger partial charge in [0.15, 0.2) is 0 Å². The molecule has 0 amide bonds. The van der Waals surface area contributed by atoms with E-state index in [4.69, 9.17) is 0 Å². The first-order chi connectivity index (χ1) is 9.40. The van der Waals surface area contributed by atoms with E-state index in [9.17, 15) is 13.9 Å². The molecule has 1 aromatic heterocycles. The molecule has 0 aliphatic heterocycles. The van der Waals surface area contributed by atoms with E-state index >= 15 is 0 Å². The minimum atomic E-state index is -1.12. The molecule has 0 saturated carbocycles. The van der Waals surface area contributed by atoms with Gasteiger partial charge in [0.25, 0.3) is 0 Å². The highest BCUT2D eigenvalue weighted by molar-refractivity contribution is 7.09. The van der Waals surface area contributed by atoms with Gasteiger partial charge in [0.1, 0.15) is 16.6 Å². The van der Waals surface area contributed by atoms with Crippen molar-refractivity contribution in [3.63, 3.8) is 0 Å². The van der Waals surface area contributed by atoms with Gasteiger partial charge in [-0.2, -0.15) is 0 Å². The zero-order valence-corrected chi connectivity index (χ0v) is 12.0. The Balaban J connectivity index is 2.05. The van der Waals surface area contributed by atoms with Crippen LogP contribution in [-0.2, 0) is 5.54 Å². The molecule has 1 aromatic carbocycles. The van der Waals surface area contributed by atoms with E-state index in [2.05, 4.69) is 10.3 Å². The number of hydrogen-bond acceptors (Lipinski definition) is 4. The number of hydrogen-bond donors (Lipinski definition) is 2. The molecule has 2 N–H and O–H groups in total. The van der Waals surface area contributed by atoms with Gasteiger partial charge in [-0.3, -0.25) is 0 Å². The maximum atomic E-state index is 13.5. The van der Waals surface area contributed by atoms with E-state index < -0.39 is 23.3 Å². The fourth-order valence-electron chi connectivity index (χ4n) is 1.84. The van der Waals surface area contributed by atoms with Gasteiger partial charge >= 0.3 is 0 Å². The highest BCUT2D eigenvalue weighted by Crippen LogP contribution is 2.24. The van der Waals surface area contributed by atoms with Crippen LogP contribution in [0.2, 0.25) is 0 Å². The van der Waals surface area contributed by atoms with Gasteiger partial charge in [-0.05, 0) is 32.0 Å². The summed E-state index contributed by atoms with van der Waals surface area (Å²) in [5.74, 6) is -1.19. The zero-order chi connectivity index (χ0) is 14.8. The summed E-state index contributed by atoms with van der Waals surface area (Å²) in [5.41, 5.74) is -0.494. The molecular weight excluding hydrogens is 282 g/mol. The van der Waals surface area contributed by atoms with Gasteiger partial charge < -0.3 is 10.4 Å². The first kappa shape index (κ1) is 15.0. The van der Waals surface area contributed by atoms with E-state index in [1.165, 1.54) is 11.3 Å². The van der Waals surface area contributed by atoms with Crippen molar-refractivity contribution in [1.82, 2.24) is 10.3 Å². The van der Waals surface area contributed by atoms with Crippen molar-refractivity contribution in [2.45, 2.75) is 25.5 Å². The predicted molar refractivity (Wildman–Crippen MR) is 74.5 cm³/mol. The number of nitrogens with zero attached hydrogens (tertiary/aromatic N) is 1. The molecule has 0 radical (unpaired) electrons. The number of halogens is 2. The second-order valence-electron chi connectivity index (χ2n) is 5.02. The Bertz CT molecular complexity index is 573. The fraction of sp³-hybridized carbons (Fsp3) is 0.357. The molecule has 0 aliphatic carbocycles. The summed E-state index contributed by atoms with van der Waals surface area (Å²) in [6, 6.07) is 3.05. The minimum Gasteiger partial charge on any atom is -0.387 e. The molecule has 0 spiro atoms. The second-order valence-corrected chi connectivity index (χ2v) is 5.92. The number of aliphatic hydroxyl groups is 1. The molecule has 1 unspecified atom stereocenters. The highest BCUT2D eigenvalue weighted by Gasteiger charge is 2.24. The van der Waals surface area contributed by atoms with E-state index in [-0.39, 0.29) is 12.1 Å². The van der Waals surface area contributed by atoms with Gasteiger partial charge in [0, 0.05) is 23.7 Å². The molecule has 2 aromatic rings. The van der Waals surface area contributed by atoms with Crippen molar-refractivity contribution in [3.8, 4) is 0 Å². The third-order valence-electron chi connectivity index (χ3n) is 3.02. The van der Waals surface area contributed by atoms with Crippen LogP contribution in [0.1, 0.15) is 30.5 Å². The Morgan fingerprint density at radius 1 is 1.40 bits per heavy atom. The lowest BCUT2D eigenvalue weighted by atomic mass is 10.0. The molecule has 1 heterocycles. The van der Waals surface area contributed by atoms with Gasteiger partial charge in [0.05, 0.1) is 11.6 Å². The number of rotatable bonds is 5. The molecule has 0 aliphatic rings. The Morgan fingerprint density at radius 2 is 2.15 bits per heavy atom. The predicted octanol–water partition coefficient (Wildman–Crippen LogP) is 2.98. The summed E-state index contributed by atoms with van der Waals surface area (Å²) in [6.07, 6.45) is 0.580. The number of benzene rings is 1. The van der Waals surface area contributed by atoms with E-state index in [0.29, 0.717) is 0 Å².